The van der Waals surface area contributed by atoms with Crippen LogP contribution in [0.15, 0.2) is 54.6 Å². The summed E-state index contributed by atoms with van der Waals surface area (Å²) in [7, 11) is 0. The molecule has 6 heteroatoms. The van der Waals surface area contributed by atoms with Gasteiger partial charge in [-0.1, -0.05) is 68.3 Å². The van der Waals surface area contributed by atoms with E-state index in [2.05, 4.69) is 10.6 Å². The molecule has 0 aliphatic carbocycles. The largest absolute Gasteiger partial charge is 0.451 e. The number of hydrogen-bond acceptors (Lipinski definition) is 4. The van der Waals surface area contributed by atoms with Crippen LogP contribution in [0.3, 0.4) is 0 Å². The smallest absolute Gasteiger partial charge is 0.329 e. The fourth-order valence-electron chi connectivity index (χ4n) is 2.82. The van der Waals surface area contributed by atoms with Crippen molar-refractivity contribution in [3.8, 4) is 0 Å². The van der Waals surface area contributed by atoms with Gasteiger partial charge in [0.2, 0.25) is 0 Å². The van der Waals surface area contributed by atoms with Crippen LogP contribution < -0.4 is 10.6 Å². The molecule has 2 amide bonds. The van der Waals surface area contributed by atoms with Crippen molar-refractivity contribution in [2.45, 2.75) is 52.8 Å². The predicted molar refractivity (Wildman–Crippen MR) is 116 cm³/mol. The molecule has 3 atom stereocenters. The topological polar surface area (TPSA) is 84.5 Å². The maximum Gasteiger partial charge on any atom is 0.329 e. The molecule has 0 aromatic heterocycles. The molecule has 0 saturated heterocycles. The van der Waals surface area contributed by atoms with E-state index in [1.807, 2.05) is 51.1 Å². The van der Waals surface area contributed by atoms with Gasteiger partial charge < -0.3 is 15.4 Å². The summed E-state index contributed by atoms with van der Waals surface area (Å²) in [6, 6.07) is 15.6. The van der Waals surface area contributed by atoms with Gasteiger partial charge >= 0.3 is 5.97 Å². The average molecular weight is 411 g/mol. The molecule has 0 fully saturated rings. The van der Waals surface area contributed by atoms with E-state index in [-0.39, 0.29) is 17.7 Å². The van der Waals surface area contributed by atoms with Gasteiger partial charge in [0.25, 0.3) is 11.8 Å². The zero-order chi connectivity index (χ0) is 22.1. The van der Waals surface area contributed by atoms with E-state index in [9.17, 15) is 14.4 Å². The molecule has 2 aromatic carbocycles. The summed E-state index contributed by atoms with van der Waals surface area (Å²) in [6.45, 7) is 7.65. The van der Waals surface area contributed by atoms with Crippen LogP contribution in [-0.2, 0) is 20.9 Å². The third-order valence-corrected chi connectivity index (χ3v) is 5.04. The van der Waals surface area contributed by atoms with E-state index >= 15 is 0 Å². The summed E-state index contributed by atoms with van der Waals surface area (Å²) in [5.74, 6) is -1.50. The minimum absolute atomic E-state index is 0.145. The van der Waals surface area contributed by atoms with Crippen LogP contribution in [0.4, 0.5) is 0 Å². The van der Waals surface area contributed by atoms with E-state index in [4.69, 9.17) is 4.74 Å². The SMILES string of the molecule is CC[C@H](C)[C@H](NC(=O)c1ccccc1)C(=O)O[C@H](C)C(=O)NCc1ccc(C)cc1. The first-order chi connectivity index (χ1) is 14.3. The van der Waals surface area contributed by atoms with E-state index in [1.165, 1.54) is 6.92 Å². The number of benzene rings is 2. The highest BCUT2D eigenvalue weighted by Crippen LogP contribution is 2.12. The number of carbonyl (C=O) groups excluding carboxylic acids is 3. The summed E-state index contributed by atoms with van der Waals surface area (Å²) in [6.07, 6.45) is -0.300. The number of nitrogens with one attached hydrogen (secondary N) is 2. The second-order valence-corrected chi connectivity index (χ2v) is 7.49. The molecule has 0 bridgehead atoms. The van der Waals surface area contributed by atoms with Crippen molar-refractivity contribution >= 4 is 17.8 Å². The fraction of sp³-hybridized carbons (Fsp3) is 0.375. The first kappa shape index (κ1) is 23.1. The number of esters is 1. The minimum Gasteiger partial charge on any atom is -0.451 e. The number of ether oxygens (including phenoxy) is 1. The minimum atomic E-state index is -0.969. The summed E-state index contributed by atoms with van der Waals surface area (Å²) in [4.78, 5) is 37.6. The molecule has 0 unspecified atom stereocenters. The van der Waals surface area contributed by atoms with Crippen molar-refractivity contribution in [3.05, 3.63) is 71.3 Å². The molecule has 0 spiro atoms. The Morgan fingerprint density at radius 1 is 0.967 bits per heavy atom. The van der Waals surface area contributed by atoms with Gasteiger partial charge in [0.15, 0.2) is 6.10 Å². The molecule has 30 heavy (non-hydrogen) atoms. The average Bonchev–Trinajstić information content (AvgIpc) is 2.76. The van der Waals surface area contributed by atoms with E-state index < -0.39 is 18.1 Å². The third-order valence-electron chi connectivity index (χ3n) is 5.04. The monoisotopic (exact) mass is 410 g/mol. The Labute approximate surface area is 178 Å². The Balaban J connectivity index is 1.95. The van der Waals surface area contributed by atoms with Crippen LogP contribution in [0.25, 0.3) is 0 Å². The maximum atomic E-state index is 12.7. The molecule has 0 heterocycles. The molecule has 0 radical (unpaired) electrons. The van der Waals surface area contributed by atoms with Crippen molar-refractivity contribution in [1.29, 1.82) is 0 Å². The first-order valence-corrected chi connectivity index (χ1v) is 10.2. The van der Waals surface area contributed by atoms with E-state index in [0.29, 0.717) is 18.5 Å². The Kier molecular flexibility index (Phi) is 8.59. The van der Waals surface area contributed by atoms with Gasteiger partial charge in [-0.25, -0.2) is 4.79 Å². The molecular formula is C24H30N2O4. The third kappa shape index (κ3) is 6.72. The number of amides is 2. The zero-order valence-corrected chi connectivity index (χ0v) is 18.0. The quantitative estimate of drug-likeness (QED) is 0.621. The van der Waals surface area contributed by atoms with Gasteiger partial charge in [0.05, 0.1) is 0 Å². The van der Waals surface area contributed by atoms with Gasteiger partial charge in [0, 0.05) is 12.1 Å². The molecule has 160 valence electrons. The molecule has 0 saturated carbocycles. The van der Waals surface area contributed by atoms with Crippen molar-refractivity contribution in [3.63, 3.8) is 0 Å². The van der Waals surface area contributed by atoms with Crippen molar-refractivity contribution in [2.75, 3.05) is 0 Å². The van der Waals surface area contributed by atoms with Gasteiger partial charge in [-0.3, -0.25) is 9.59 Å². The second-order valence-electron chi connectivity index (χ2n) is 7.49. The Hall–Kier alpha value is -3.15. The molecule has 2 aromatic rings. The Morgan fingerprint density at radius 3 is 2.20 bits per heavy atom. The van der Waals surface area contributed by atoms with Crippen LogP contribution in [0.1, 0.15) is 48.7 Å². The lowest BCUT2D eigenvalue weighted by Gasteiger charge is -2.24. The Morgan fingerprint density at radius 2 is 1.60 bits per heavy atom. The van der Waals surface area contributed by atoms with E-state index in [0.717, 1.165) is 11.1 Å². The fourth-order valence-corrected chi connectivity index (χ4v) is 2.82. The van der Waals surface area contributed by atoms with Gasteiger partial charge in [-0.2, -0.15) is 0 Å². The molecule has 2 rings (SSSR count). The highest BCUT2D eigenvalue weighted by Gasteiger charge is 2.30. The van der Waals surface area contributed by atoms with Crippen LogP contribution in [0.5, 0.6) is 0 Å². The zero-order valence-electron chi connectivity index (χ0n) is 18.0. The van der Waals surface area contributed by atoms with E-state index in [1.54, 1.807) is 24.3 Å². The maximum absolute atomic E-state index is 12.7. The summed E-state index contributed by atoms with van der Waals surface area (Å²) < 4.78 is 5.38. The lowest BCUT2D eigenvalue weighted by molar-refractivity contribution is -0.157. The molecule has 6 nitrogen and oxygen atoms in total. The molecule has 2 N–H and O–H groups in total. The molecule has 0 aliphatic heterocycles. The highest BCUT2D eigenvalue weighted by atomic mass is 16.5. The van der Waals surface area contributed by atoms with Crippen LogP contribution >= 0.6 is 0 Å². The Bertz CT molecular complexity index is 849. The molecular weight excluding hydrogens is 380 g/mol. The van der Waals surface area contributed by atoms with Crippen LogP contribution in [0.2, 0.25) is 0 Å². The van der Waals surface area contributed by atoms with Crippen LogP contribution in [-0.4, -0.2) is 29.9 Å². The number of aryl methyl sites for hydroxylation is 1. The lowest BCUT2D eigenvalue weighted by atomic mass is 9.98. The van der Waals surface area contributed by atoms with Gasteiger partial charge in [-0.05, 0) is 37.5 Å². The number of hydrogen-bond donors (Lipinski definition) is 2. The number of carbonyl (C=O) groups is 3. The predicted octanol–water partition coefficient (Wildman–Crippen LogP) is 3.39. The van der Waals surface area contributed by atoms with Crippen molar-refractivity contribution < 1.29 is 19.1 Å². The normalized spacial score (nSPS) is 13.6. The summed E-state index contributed by atoms with van der Waals surface area (Å²) >= 11 is 0. The summed E-state index contributed by atoms with van der Waals surface area (Å²) in [5.41, 5.74) is 2.56. The first-order valence-electron chi connectivity index (χ1n) is 10.2. The van der Waals surface area contributed by atoms with Gasteiger partial charge in [0.1, 0.15) is 6.04 Å². The highest BCUT2D eigenvalue weighted by molar-refractivity contribution is 5.97. The second kappa shape index (κ2) is 11.1. The van der Waals surface area contributed by atoms with Crippen molar-refractivity contribution in [1.82, 2.24) is 10.6 Å². The molecule has 0 aliphatic rings. The summed E-state index contributed by atoms with van der Waals surface area (Å²) in [5, 5.41) is 5.51. The number of rotatable bonds is 9. The van der Waals surface area contributed by atoms with Crippen molar-refractivity contribution in [2.24, 2.45) is 5.92 Å². The standard InChI is InChI=1S/C24H30N2O4/c1-5-17(3)21(26-23(28)20-9-7-6-8-10-20)24(29)30-18(4)22(27)25-15-19-13-11-16(2)12-14-19/h6-14,17-18,21H,5,15H2,1-4H3,(H,25,27)(H,26,28)/t17-,18+,21-/m0/s1. The lowest BCUT2D eigenvalue weighted by Crippen LogP contribution is -2.48. The van der Waals surface area contributed by atoms with Crippen LogP contribution in [0, 0.1) is 12.8 Å². The van der Waals surface area contributed by atoms with Gasteiger partial charge in [-0.15, -0.1) is 0 Å².